The summed E-state index contributed by atoms with van der Waals surface area (Å²) < 4.78 is 2.41. The predicted molar refractivity (Wildman–Crippen MR) is 146 cm³/mol. The van der Waals surface area contributed by atoms with E-state index in [0.29, 0.717) is 11.3 Å². The highest BCUT2D eigenvalue weighted by Gasteiger charge is 2.24. The van der Waals surface area contributed by atoms with Crippen molar-refractivity contribution >= 4 is 44.2 Å². The number of fused-ring (bicyclic) bond motifs is 1. The molecule has 3 aromatic carbocycles. The number of thiazole rings is 1. The highest BCUT2D eigenvalue weighted by atomic mass is 32.1. The number of aromatic hydroxyl groups is 1. The van der Waals surface area contributed by atoms with E-state index in [2.05, 4.69) is 26.7 Å². The van der Waals surface area contributed by atoms with Gasteiger partial charge < -0.3 is 15.7 Å². The summed E-state index contributed by atoms with van der Waals surface area (Å²) in [5.74, 6) is -0.234. The number of nitrogens with one attached hydrogen (secondary N) is 2. The van der Waals surface area contributed by atoms with Gasteiger partial charge in [-0.15, -0.1) is 0 Å². The Labute approximate surface area is 213 Å². The van der Waals surface area contributed by atoms with Crippen LogP contribution in [-0.4, -0.2) is 32.1 Å². The number of para-hydroxylation sites is 1. The van der Waals surface area contributed by atoms with Gasteiger partial charge in [-0.25, -0.2) is 14.5 Å². The minimum Gasteiger partial charge on any atom is -0.493 e. The Balaban J connectivity index is 1.28. The summed E-state index contributed by atoms with van der Waals surface area (Å²) in [5.41, 5.74) is 3.90. The first kappa shape index (κ1) is 23.6. The molecule has 0 fully saturated rings. The number of aromatic nitrogens is 3. The number of hydrogen-bond acceptors (Lipinski definition) is 7. The summed E-state index contributed by atoms with van der Waals surface area (Å²) in [7, 11) is 0. The third-order valence-electron chi connectivity index (χ3n) is 5.84. The van der Waals surface area contributed by atoms with Crippen LogP contribution in [0.25, 0.3) is 10.2 Å². The topological polar surface area (TPSA) is 92.1 Å². The Bertz CT molecular complexity index is 1460. The molecule has 0 aliphatic carbocycles. The smallest absolute Gasteiger partial charge is 0.267 e. The third kappa shape index (κ3) is 4.94. The Morgan fingerprint density at radius 2 is 1.69 bits per heavy atom. The van der Waals surface area contributed by atoms with E-state index in [9.17, 15) is 9.90 Å². The van der Waals surface area contributed by atoms with Gasteiger partial charge in [0.2, 0.25) is 11.8 Å². The van der Waals surface area contributed by atoms with E-state index in [-0.39, 0.29) is 23.7 Å². The predicted octanol–water partition coefficient (Wildman–Crippen LogP) is 6.41. The van der Waals surface area contributed by atoms with Crippen molar-refractivity contribution in [3.05, 3.63) is 95.7 Å². The van der Waals surface area contributed by atoms with E-state index in [1.165, 1.54) is 14.8 Å². The van der Waals surface area contributed by atoms with Gasteiger partial charge >= 0.3 is 0 Å². The van der Waals surface area contributed by atoms with Crippen molar-refractivity contribution < 1.29 is 9.90 Å². The number of nitrogens with zero attached hydrogens (tertiary/aromatic N) is 3. The molecule has 0 aliphatic heterocycles. The van der Waals surface area contributed by atoms with Crippen molar-refractivity contribution in [3.8, 4) is 5.88 Å². The molecule has 2 heterocycles. The lowest BCUT2D eigenvalue weighted by Gasteiger charge is -2.10. The molecular formula is C28H27N5O2S. The van der Waals surface area contributed by atoms with Gasteiger partial charge in [0.05, 0.1) is 10.2 Å². The number of carbonyl (C=O) groups excluding carboxylic acids is 1. The zero-order valence-corrected chi connectivity index (χ0v) is 20.9. The number of carbonyl (C=O) groups is 1. The lowest BCUT2D eigenvalue weighted by atomic mass is 10.1. The number of benzene rings is 3. The zero-order chi connectivity index (χ0) is 25.1. The molecule has 0 spiro atoms. The van der Waals surface area contributed by atoms with Crippen molar-refractivity contribution in [2.24, 2.45) is 0 Å². The second-order valence-corrected chi connectivity index (χ2v) is 9.82. The monoisotopic (exact) mass is 497 g/mol. The molecule has 0 aliphatic rings. The van der Waals surface area contributed by atoms with Crippen LogP contribution in [0, 0.1) is 0 Å². The van der Waals surface area contributed by atoms with Gasteiger partial charge in [-0.2, -0.15) is 0 Å². The fourth-order valence-corrected chi connectivity index (χ4v) is 4.84. The molecule has 5 aromatic rings. The molecule has 0 saturated heterocycles. The third-order valence-corrected chi connectivity index (χ3v) is 6.84. The Kier molecular flexibility index (Phi) is 6.69. The number of hydrogen-bond donors (Lipinski definition) is 3. The minimum atomic E-state index is -0.340. The second-order valence-electron chi connectivity index (χ2n) is 8.79. The SMILES string of the molecule is CC(C)c1nc(Nc2ccc(CCNc3nc4ccccc4s3)cc2)n(C(=O)c2ccccc2)c1O. The van der Waals surface area contributed by atoms with Crippen LogP contribution in [0.2, 0.25) is 0 Å². The van der Waals surface area contributed by atoms with Crippen LogP contribution in [0.4, 0.5) is 16.8 Å². The molecule has 0 radical (unpaired) electrons. The molecule has 0 unspecified atom stereocenters. The van der Waals surface area contributed by atoms with Crippen LogP contribution in [0.15, 0.2) is 78.9 Å². The molecular weight excluding hydrogens is 470 g/mol. The quantitative estimate of drug-likeness (QED) is 0.229. The highest BCUT2D eigenvalue weighted by Crippen LogP contribution is 2.31. The first-order valence-electron chi connectivity index (χ1n) is 11.9. The second kappa shape index (κ2) is 10.2. The highest BCUT2D eigenvalue weighted by molar-refractivity contribution is 7.22. The Morgan fingerprint density at radius 1 is 0.972 bits per heavy atom. The molecule has 0 bridgehead atoms. The summed E-state index contributed by atoms with van der Waals surface area (Å²) in [4.78, 5) is 22.3. The summed E-state index contributed by atoms with van der Waals surface area (Å²) in [6.07, 6.45) is 0.843. The van der Waals surface area contributed by atoms with E-state index < -0.39 is 0 Å². The molecule has 36 heavy (non-hydrogen) atoms. The molecule has 182 valence electrons. The molecule has 2 aromatic heterocycles. The number of rotatable bonds is 8. The first-order valence-corrected chi connectivity index (χ1v) is 12.7. The van der Waals surface area contributed by atoms with Gasteiger partial charge in [0.15, 0.2) is 5.13 Å². The van der Waals surface area contributed by atoms with E-state index in [4.69, 9.17) is 0 Å². The van der Waals surface area contributed by atoms with Gasteiger partial charge in [0.25, 0.3) is 5.91 Å². The van der Waals surface area contributed by atoms with Crippen molar-refractivity contribution in [2.75, 3.05) is 17.2 Å². The maximum absolute atomic E-state index is 13.2. The molecule has 0 atom stereocenters. The fourth-order valence-electron chi connectivity index (χ4n) is 3.95. The van der Waals surface area contributed by atoms with Gasteiger partial charge in [-0.3, -0.25) is 4.79 Å². The maximum atomic E-state index is 13.2. The largest absolute Gasteiger partial charge is 0.493 e. The van der Waals surface area contributed by atoms with Crippen LogP contribution in [-0.2, 0) is 6.42 Å². The minimum absolute atomic E-state index is 0.0410. The van der Waals surface area contributed by atoms with Crippen molar-refractivity contribution in [1.29, 1.82) is 0 Å². The summed E-state index contributed by atoms with van der Waals surface area (Å²) in [6, 6.07) is 25.0. The molecule has 8 heteroatoms. The lowest BCUT2D eigenvalue weighted by molar-refractivity contribution is 0.0953. The van der Waals surface area contributed by atoms with Gasteiger partial charge in [0.1, 0.15) is 5.69 Å². The summed E-state index contributed by atoms with van der Waals surface area (Å²) >= 11 is 1.65. The van der Waals surface area contributed by atoms with Crippen LogP contribution in [0.5, 0.6) is 5.88 Å². The standard InChI is InChI=1S/C28H27N5O2S/c1-18(2)24-26(35)33(25(34)20-8-4-3-5-9-20)27(32-24)30-21-14-12-19(13-15-21)16-17-29-28-31-22-10-6-7-11-23(22)36-28/h3-15,18,35H,16-17H2,1-2H3,(H,29,31)(H,30,32). The first-order chi connectivity index (χ1) is 17.5. The van der Waals surface area contributed by atoms with Crippen molar-refractivity contribution in [2.45, 2.75) is 26.2 Å². The average Bonchev–Trinajstić information content (AvgIpc) is 3.45. The van der Waals surface area contributed by atoms with Gasteiger partial charge in [-0.1, -0.05) is 67.6 Å². The van der Waals surface area contributed by atoms with Crippen LogP contribution in [0.1, 0.15) is 41.4 Å². The Hall–Kier alpha value is -4.17. The number of imidazole rings is 1. The van der Waals surface area contributed by atoms with Crippen LogP contribution in [0.3, 0.4) is 0 Å². The van der Waals surface area contributed by atoms with E-state index in [1.54, 1.807) is 35.6 Å². The molecule has 3 N–H and O–H groups in total. The van der Waals surface area contributed by atoms with Gasteiger partial charge in [0, 0.05) is 23.7 Å². The van der Waals surface area contributed by atoms with E-state index in [1.807, 2.05) is 62.4 Å². The summed E-state index contributed by atoms with van der Waals surface area (Å²) in [6.45, 7) is 4.63. The molecule has 0 saturated carbocycles. The fraction of sp³-hybridized carbons (Fsp3) is 0.179. The zero-order valence-electron chi connectivity index (χ0n) is 20.1. The van der Waals surface area contributed by atoms with Crippen LogP contribution >= 0.6 is 11.3 Å². The van der Waals surface area contributed by atoms with Gasteiger partial charge in [-0.05, 0) is 48.4 Å². The lowest BCUT2D eigenvalue weighted by Crippen LogP contribution is -2.14. The number of anilines is 3. The van der Waals surface area contributed by atoms with E-state index in [0.717, 1.165) is 29.3 Å². The van der Waals surface area contributed by atoms with Crippen LogP contribution < -0.4 is 10.6 Å². The molecule has 7 nitrogen and oxygen atoms in total. The van der Waals surface area contributed by atoms with Crippen molar-refractivity contribution in [3.63, 3.8) is 0 Å². The molecule has 0 amide bonds. The normalized spacial score (nSPS) is 11.2. The Morgan fingerprint density at radius 3 is 2.42 bits per heavy atom. The van der Waals surface area contributed by atoms with E-state index >= 15 is 0 Å². The summed E-state index contributed by atoms with van der Waals surface area (Å²) in [5, 5.41) is 18.3. The van der Waals surface area contributed by atoms with Crippen molar-refractivity contribution in [1.82, 2.24) is 14.5 Å². The molecule has 5 rings (SSSR count). The maximum Gasteiger partial charge on any atom is 0.267 e. The average molecular weight is 498 g/mol.